The number of likely N-dealkylation sites (tertiary alicyclic amines) is 2. The van der Waals surface area contributed by atoms with Gasteiger partial charge in [-0.2, -0.15) is 0 Å². The fourth-order valence-corrected chi connectivity index (χ4v) is 16.2. The largest absolute Gasteiger partial charge is 0.394 e. The lowest BCUT2D eigenvalue weighted by Crippen LogP contribution is -2.62. The van der Waals surface area contributed by atoms with Gasteiger partial charge in [0.15, 0.2) is 0 Å². The number of carbonyl (C=O) groups excluding carboxylic acids is 23. The zero-order valence-electron chi connectivity index (χ0n) is 88.3. The van der Waals surface area contributed by atoms with Gasteiger partial charge in [0.2, 0.25) is 112 Å². The lowest BCUT2D eigenvalue weighted by atomic mass is 9.95. The van der Waals surface area contributed by atoms with Crippen LogP contribution in [0, 0.1) is 35.5 Å². The molecule has 0 saturated carbocycles. The van der Waals surface area contributed by atoms with Crippen molar-refractivity contribution in [3.05, 3.63) is 94.6 Å². The van der Waals surface area contributed by atoms with Gasteiger partial charge in [0.25, 0.3) is 23.6 Å². The Labute approximate surface area is 867 Å². The summed E-state index contributed by atoms with van der Waals surface area (Å²) in [7, 11) is 3.40. The Hall–Kier alpha value is -14.0. The molecule has 0 radical (unpaired) electrons. The van der Waals surface area contributed by atoms with Crippen molar-refractivity contribution in [2.75, 3.05) is 46.1 Å². The summed E-state index contributed by atoms with van der Waals surface area (Å²) in [6, 6.07) is -13.2. The zero-order chi connectivity index (χ0) is 112. The molecule has 148 heavy (non-hydrogen) atoms. The van der Waals surface area contributed by atoms with Crippen molar-refractivity contribution in [2.24, 2.45) is 47.0 Å². The molecule has 0 aromatic heterocycles. The van der Waals surface area contributed by atoms with Crippen LogP contribution >= 0.6 is 11.8 Å². The van der Waals surface area contributed by atoms with E-state index in [1.807, 2.05) is 13.8 Å². The van der Waals surface area contributed by atoms with Gasteiger partial charge in [-0.1, -0.05) is 151 Å². The number of nitrogens with two attached hydrogens (primary N) is 2. The highest BCUT2D eigenvalue weighted by molar-refractivity contribution is 8.02. The number of rotatable bonds is 53. The molecular weight excluding hydrogens is 1940 g/mol. The third-order valence-electron chi connectivity index (χ3n) is 25.2. The van der Waals surface area contributed by atoms with Gasteiger partial charge in [0.1, 0.15) is 113 Å². The topological polar surface area (TPSA) is 703 Å². The van der Waals surface area contributed by atoms with E-state index in [0.29, 0.717) is 24.8 Å². The van der Waals surface area contributed by atoms with Gasteiger partial charge < -0.3 is 127 Å². The van der Waals surface area contributed by atoms with Crippen LogP contribution in [0.15, 0.2) is 89.0 Å². The van der Waals surface area contributed by atoms with E-state index in [0.717, 1.165) is 17.8 Å². The van der Waals surface area contributed by atoms with Crippen LogP contribution in [0.25, 0.3) is 0 Å². The molecule has 4 rings (SSSR count). The number of primary amides is 2. The predicted octanol–water partition coefficient (Wildman–Crippen LogP) is -3.34. The Morgan fingerprint density at radius 3 is 1.45 bits per heavy atom. The van der Waals surface area contributed by atoms with Gasteiger partial charge in [-0.25, -0.2) is 0 Å². The molecule has 24 N–H and O–H groups in total. The van der Waals surface area contributed by atoms with Gasteiger partial charge in [-0.15, -0.1) is 11.8 Å². The molecule has 2 fully saturated rings. The molecular formula is C99H154N24O24S. The summed E-state index contributed by atoms with van der Waals surface area (Å²) in [5, 5.41) is 60.4. The molecule has 1 aromatic rings. The number of hydrogen-bond donors (Lipinski definition) is 22. The average Bonchev–Trinajstić information content (AvgIpc) is 1.66. The quantitative estimate of drug-likeness (QED) is 0.0284. The average molecular weight is 2100 g/mol. The summed E-state index contributed by atoms with van der Waals surface area (Å²) in [5.41, 5.74) is 10.4. The van der Waals surface area contributed by atoms with Crippen LogP contribution in [0.4, 0.5) is 0 Å². The normalized spacial score (nSPS) is 19.0. The molecule has 3 heterocycles. The first kappa shape index (κ1) is 126. The summed E-state index contributed by atoms with van der Waals surface area (Å²) >= 11 is 1.06. The maximum atomic E-state index is 14.8. The number of benzene rings is 1. The van der Waals surface area contributed by atoms with E-state index in [-0.39, 0.29) is 79.9 Å². The van der Waals surface area contributed by atoms with Gasteiger partial charge in [-0.3, -0.25) is 115 Å². The number of aliphatic hydroxyl groups is 1. The predicted molar refractivity (Wildman–Crippen MR) is 546 cm³/mol. The van der Waals surface area contributed by atoms with E-state index in [1.54, 1.807) is 132 Å². The van der Waals surface area contributed by atoms with Gasteiger partial charge >= 0.3 is 0 Å². The highest BCUT2D eigenvalue weighted by Crippen LogP contribution is 2.25. The number of carbonyl (C=O) groups is 23. The number of nitrogens with one attached hydrogen (secondary N) is 19. The molecule has 0 unspecified atom stereocenters. The molecule has 3 aliphatic rings. The summed E-state index contributed by atoms with van der Waals surface area (Å²) in [4.78, 5) is 323. The number of amides is 23. The molecule has 23 amide bonds. The Kier molecular flexibility index (Phi) is 53.1. The number of nitrogens with zero attached hydrogens (tertiary/aromatic N) is 3. The molecule has 49 heteroatoms. The van der Waals surface area contributed by atoms with Crippen molar-refractivity contribution >= 4 is 148 Å². The standard InChI is InChI=1S/C99H154N24O24S/c1-22-54(15)78(97(145)115-69-49-148-44-41-102-93(141)75(51(9)10)116-87(135)66(45-50(7)8)113-90(69)138)119-85(133)60(24-3)107-89(137)68(48-124)106-74(127)47-103-83(131)64(37-39-72(100)125)112-96(144)79(55(16)23-2)120-95(143)77(53(13)14)118-88(136)67(46-59-33-29-28-30-34-59)114-86(134)65(38-40-73(101)126)111-81(129)57(18)105-94(142)76(52(11)12)117-84(132)61(25-4)108-92(140)71-36-32-43-123(71)98(146)62(26-5)109-80(128)56(17)104-91(139)70-35-31-42-122(70)99(147)63(27-6)110-82(130)58(19)121(20)21/h24-30,33-34,41,44,50-58,64-71,75-79,124H,22-23,31-32,35-40,42-43,45-49H2,1-21H3,(H2,100,125)(H2,101,126)(H,102,141)(H,103,131)(H,104,139)(H,105,142)(H,106,127)(H,107,137)(H,108,140)(H,109,128)(H,110,130)(H,111,129)(H,112,144)(H,113,138)(H,114,134)(H,115,145)(H,116,135)(H,117,132)(H,118,136)(H,119,133)(H,120,143)/t54-,55+,56+,57+,58+,64+,65+,66+,67+,68+,69-,70-,71-,75+,76-,77-,78+,79-/m1/s1. The van der Waals surface area contributed by atoms with Crippen molar-refractivity contribution in [1.82, 2.24) is 116 Å². The fourth-order valence-electron chi connectivity index (χ4n) is 15.5. The van der Waals surface area contributed by atoms with E-state index >= 15 is 0 Å². The Bertz CT molecular complexity index is 5080. The Balaban J connectivity index is 1.45. The third-order valence-corrected chi connectivity index (χ3v) is 26.0. The Morgan fingerprint density at radius 2 is 0.939 bits per heavy atom. The zero-order valence-corrected chi connectivity index (χ0v) is 89.1. The summed E-state index contributed by atoms with van der Waals surface area (Å²) in [6.45, 7) is 28.3. The number of hydrogen-bond acceptors (Lipinski definition) is 26. The smallest absolute Gasteiger partial charge is 0.270 e. The van der Waals surface area contributed by atoms with Gasteiger partial charge in [0, 0.05) is 44.3 Å². The molecule has 0 spiro atoms. The number of thioether (sulfide) groups is 1. The lowest BCUT2D eigenvalue weighted by Gasteiger charge is -2.30. The molecule has 3 aliphatic heterocycles. The van der Waals surface area contributed by atoms with Crippen LogP contribution in [0.2, 0.25) is 0 Å². The first-order valence-electron chi connectivity index (χ1n) is 49.8. The van der Waals surface area contributed by atoms with Crippen LogP contribution in [0.1, 0.15) is 208 Å². The second-order valence-electron chi connectivity index (χ2n) is 38.3. The third kappa shape index (κ3) is 39.7. The van der Waals surface area contributed by atoms with E-state index in [4.69, 9.17) is 11.5 Å². The maximum absolute atomic E-state index is 14.8. The number of allylic oxidation sites excluding steroid dienone is 4. The van der Waals surface area contributed by atoms with E-state index in [1.165, 1.54) is 74.3 Å². The van der Waals surface area contributed by atoms with E-state index in [9.17, 15) is 115 Å². The number of aliphatic hydroxyl groups excluding tert-OH is 1. The van der Waals surface area contributed by atoms with E-state index in [2.05, 4.69) is 101 Å². The molecule has 820 valence electrons. The van der Waals surface area contributed by atoms with Crippen LogP contribution in [-0.4, -0.2) is 298 Å². The van der Waals surface area contributed by atoms with Crippen molar-refractivity contribution in [1.29, 1.82) is 0 Å². The highest BCUT2D eigenvalue weighted by atomic mass is 32.2. The molecule has 2 saturated heterocycles. The molecule has 0 bridgehead atoms. The van der Waals surface area contributed by atoms with Crippen LogP contribution in [0.3, 0.4) is 0 Å². The minimum absolute atomic E-state index is 0.0255. The van der Waals surface area contributed by atoms with Crippen LogP contribution in [0.5, 0.6) is 0 Å². The lowest BCUT2D eigenvalue weighted by molar-refractivity contribution is -0.138. The van der Waals surface area contributed by atoms with Crippen molar-refractivity contribution in [2.45, 2.75) is 305 Å². The van der Waals surface area contributed by atoms with Crippen molar-refractivity contribution < 1.29 is 115 Å². The molecule has 1 aromatic carbocycles. The van der Waals surface area contributed by atoms with Gasteiger partial charge in [-0.05, 0) is 154 Å². The summed E-state index contributed by atoms with van der Waals surface area (Å²) in [6.07, 6.45) is 6.05. The monoisotopic (exact) mass is 2100 g/mol. The number of likely N-dealkylation sites (N-methyl/N-ethyl adjacent to an activating group) is 1. The molecule has 18 atom stereocenters. The second-order valence-corrected chi connectivity index (χ2v) is 39.3. The first-order valence-corrected chi connectivity index (χ1v) is 50.9. The van der Waals surface area contributed by atoms with Gasteiger partial charge in [0.05, 0.1) is 19.2 Å². The van der Waals surface area contributed by atoms with E-state index < -0.39 is 301 Å². The highest BCUT2D eigenvalue weighted by Gasteiger charge is 2.44. The van der Waals surface area contributed by atoms with Crippen molar-refractivity contribution in [3.63, 3.8) is 0 Å². The minimum atomic E-state index is -1.81. The molecule has 0 aliphatic carbocycles. The van der Waals surface area contributed by atoms with Crippen LogP contribution in [-0.2, 0) is 117 Å². The fraction of sp³-hybridized carbons (Fsp3) is 0.606. The Morgan fingerprint density at radius 1 is 0.480 bits per heavy atom. The van der Waals surface area contributed by atoms with Crippen molar-refractivity contribution in [3.8, 4) is 0 Å². The maximum Gasteiger partial charge on any atom is 0.270 e. The second kappa shape index (κ2) is 62.2. The summed E-state index contributed by atoms with van der Waals surface area (Å²) in [5.74, 6) is -23.3. The minimum Gasteiger partial charge on any atom is -0.394 e. The SMILES string of the molecule is CC=C(NC(=O)[C@H](CO)NC(=O)CNC(=O)[C@H](CCC(N)=O)NC(=O)[C@H](NC(=O)[C@H](NC(=O)[C@H](Cc1ccccc1)NC(=O)[C@H](CCC(N)=O)NC(=O)[C@H](C)NC(=O)[C@H](NC(=O)C(=CC)NC(=O)[C@H]1CCCN1C(=O)C(=CC)NC(=O)[C@H](C)NC(=O)[C@H]1CCCN1C(=O)C(=CC)NC(=O)[C@H](C)N(C)C)C(C)C)C(C)C)[C@@H](C)CC)C(=O)N[C@H](C(=O)N[C@@H]1CSC=CNC(=O)[C@H](C(C)C)NC(=O)[C@H](CC(C)C)NC1=O)[C@H](C)CC. The van der Waals surface area contributed by atoms with Crippen LogP contribution < -0.4 is 112 Å². The first-order chi connectivity index (χ1) is 69.6. The molecule has 48 nitrogen and oxygen atoms in total. The summed E-state index contributed by atoms with van der Waals surface area (Å²) < 4.78 is 0.